The van der Waals surface area contributed by atoms with Gasteiger partial charge in [0.2, 0.25) is 5.91 Å². The van der Waals surface area contributed by atoms with Gasteiger partial charge in [-0.15, -0.1) is 0 Å². The molecule has 2 aliphatic rings. The predicted octanol–water partition coefficient (Wildman–Crippen LogP) is 2.24. The molecule has 31 heavy (non-hydrogen) atoms. The SMILES string of the molecule is [N-]=[N+]=C(CCCNC(=O)CCCCC1SCC2NC(=O)NC21)c1ccc([N+](=O)[O-])cc1. The molecule has 166 valence electrons. The highest BCUT2D eigenvalue weighted by Gasteiger charge is 2.42. The second-order valence-corrected chi connectivity index (χ2v) is 8.94. The number of fused-ring (bicyclic) bond motifs is 1. The lowest BCUT2D eigenvalue weighted by molar-refractivity contribution is -0.384. The minimum Gasteiger partial charge on any atom is -0.361 e. The maximum absolute atomic E-state index is 12.0. The first-order valence-corrected chi connectivity index (χ1v) is 11.4. The van der Waals surface area contributed by atoms with Crippen LogP contribution in [0.2, 0.25) is 0 Å². The molecule has 0 aliphatic carbocycles. The van der Waals surface area contributed by atoms with Crippen molar-refractivity contribution < 1.29 is 19.3 Å². The maximum atomic E-state index is 12.0. The van der Waals surface area contributed by atoms with Crippen molar-refractivity contribution in [3.05, 3.63) is 45.5 Å². The van der Waals surface area contributed by atoms with Gasteiger partial charge in [0.25, 0.3) is 11.4 Å². The van der Waals surface area contributed by atoms with E-state index in [9.17, 15) is 25.2 Å². The number of nitrogens with one attached hydrogen (secondary N) is 3. The molecule has 2 saturated heterocycles. The van der Waals surface area contributed by atoms with E-state index in [1.54, 1.807) is 12.1 Å². The zero-order chi connectivity index (χ0) is 22.2. The molecule has 0 radical (unpaired) electrons. The molecule has 3 rings (SSSR count). The summed E-state index contributed by atoms with van der Waals surface area (Å²) < 4.78 is 0. The Balaban J connectivity index is 1.28. The van der Waals surface area contributed by atoms with Gasteiger partial charge in [0.05, 0.1) is 29.0 Å². The van der Waals surface area contributed by atoms with Gasteiger partial charge in [-0.1, -0.05) is 6.42 Å². The summed E-state index contributed by atoms with van der Waals surface area (Å²) in [5.74, 6) is 0.929. The van der Waals surface area contributed by atoms with Crippen LogP contribution in [0.25, 0.3) is 5.53 Å². The summed E-state index contributed by atoms with van der Waals surface area (Å²) in [4.78, 5) is 36.9. The summed E-state index contributed by atoms with van der Waals surface area (Å²) >= 11 is 1.87. The Hall–Kier alpha value is -2.91. The summed E-state index contributed by atoms with van der Waals surface area (Å²) in [5, 5.41) is 19.9. The van der Waals surface area contributed by atoms with Gasteiger partial charge in [-0.25, -0.2) is 4.79 Å². The van der Waals surface area contributed by atoms with E-state index in [4.69, 9.17) is 0 Å². The number of nitrogens with zero attached hydrogens (tertiary/aromatic N) is 3. The summed E-state index contributed by atoms with van der Waals surface area (Å²) in [6.07, 6.45) is 4.21. The van der Waals surface area contributed by atoms with E-state index in [1.807, 2.05) is 11.8 Å². The summed E-state index contributed by atoms with van der Waals surface area (Å²) in [6, 6.07) is 6.16. The Bertz CT molecular complexity index is 871. The van der Waals surface area contributed by atoms with Crippen LogP contribution in [-0.4, -0.2) is 57.0 Å². The molecule has 0 aromatic heterocycles. The van der Waals surface area contributed by atoms with Crippen molar-refractivity contribution in [1.82, 2.24) is 16.0 Å². The van der Waals surface area contributed by atoms with E-state index in [0.29, 0.717) is 42.3 Å². The van der Waals surface area contributed by atoms with E-state index in [0.717, 1.165) is 25.0 Å². The van der Waals surface area contributed by atoms with Gasteiger partial charge in [-0.05, 0) is 31.4 Å². The van der Waals surface area contributed by atoms with Crippen molar-refractivity contribution in [2.24, 2.45) is 0 Å². The third-order valence-electron chi connectivity index (χ3n) is 5.53. The molecule has 3 amide bonds. The van der Waals surface area contributed by atoms with Crippen LogP contribution in [0.1, 0.15) is 44.1 Å². The van der Waals surface area contributed by atoms with Gasteiger partial charge in [-0.2, -0.15) is 16.6 Å². The van der Waals surface area contributed by atoms with E-state index in [1.165, 1.54) is 12.1 Å². The van der Waals surface area contributed by atoms with Crippen LogP contribution in [-0.2, 0) is 4.79 Å². The van der Waals surface area contributed by atoms with Gasteiger partial charge in [0.15, 0.2) is 0 Å². The first-order chi connectivity index (χ1) is 15.0. The molecule has 3 atom stereocenters. The molecule has 11 heteroatoms. The fraction of sp³-hybridized carbons (Fsp3) is 0.550. The number of thioether (sulfide) groups is 1. The topological polar surface area (TPSA) is 150 Å². The molecule has 3 N–H and O–H groups in total. The summed E-state index contributed by atoms with van der Waals surface area (Å²) in [5.41, 5.74) is 10.2. The van der Waals surface area contributed by atoms with Crippen molar-refractivity contribution >= 4 is 35.1 Å². The molecular weight excluding hydrogens is 420 g/mol. The lowest BCUT2D eigenvalue weighted by atomic mass is 10.0. The minimum absolute atomic E-state index is 0.00869. The molecular formula is C20H26N6O4S. The molecule has 0 saturated carbocycles. The number of unbranched alkanes of at least 4 members (excludes halogenated alkanes) is 1. The highest BCUT2D eigenvalue weighted by atomic mass is 32.2. The Labute approximate surface area is 184 Å². The molecule has 3 unspecified atom stereocenters. The molecule has 1 aromatic rings. The minimum atomic E-state index is -0.484. The lowest BCUT2D eigenvalue weighted by Gasteiger charge is -2.16. The maximum Gasteiger partial charge on any atom is 0.315 e. The quantitative estimate of drug-likeness (QED) is 0.0906. The number of nitro benzene ring substituents is 1. The van der Waals surface area contributed by atoms with Crippen molar-refractivity contribution in [1.29, 1.82) is 0 Å². The Kier molecular flexibility index (Phi) is 8.02. The third-order valence-corrected chi connectivity index (χ3v) is 7.03. The number of hydrogen-bond donors (Lipinski definition) is 3. The number of hydrogen-bond acceptors (Lipinski definition) is 5. The summed E-state index contributed by atoms with van der Waals surface area (Å²) in [7, 11) is 0. The first kappa shape index (κ1) is 22.8. The molecule has 0 spiro atoms. The first-order valence-electron chi connectivity index (χ1n) is 10.4. The van der Waals surface area contributed by atoms with Crippen LogP contribution in [0.15, 0.2) is 24.3 Å². The van der Waals surface area contributed by atoms with Gasteiger partial charge in [0.1, 0.15) is 0 Å². The average Bonchev–Trinajstić information content (AvgIpc) is 3.30. The van der Waals surface area contributed by atoms with Crippen LogP contribution in [0.5, 0.6) is 0 Å². The number of carbonyl (C=O) groups excluding carboxylic acids is 2. The van der Waals surface area contributed by atoms with E-state index in [2.05, 4.69) is 20.7 Å². The number of nitro groups is 1. The van der Waals surface area contributed by atoms with Gasteiger partial charge >= 0.3 is 6.03 Å². The largest absolute Gasteiger partial charge is 0.361 e. The number of amides is 3. The van der Waals surface area contributed by atoms with Crippen LogP contribution >= 0.6 is 11.8 Å². The normalized spacial score (nSPS) is 21.5. The molecule has 10 nitrogen and oxygen atoms in total. The second-order valence-electron chi connectivity index (χ2n) is 7.67. The number of benzene rings is 1. The van der Waals surface area contributed by atoms with Gasteiger partial charge in [-0.3, -0.25) is 14.9 Å². The Morgan fingerprint density at radius 1 is 1.23 bits per heavy atom. The highest BCUT2D eigenvalue weighted by Crippen LogP contribution is 2.33. The lowest BCUT2D eigenvalue weighted by Crippen LogP contribution is -2.36. The monoisotopic (exact) mass is 446 g/mol. The van der Waals surface area contributed by atoms with E-state index in [-0.39, 0.29) is 29.7 Å². The van der Waals surface area contributed by atoms with Gasteiger partial charge in [0, 0.05) is 36.1 Å². The zero-order valence-corrected chi connectivity index (χ0v) is 17.9. The Morgan fingerprint density at radius 2 is 2.00 bits per heavy atom. The Morgan fingerprint density at radius 3 is 2.71 bits per heavy atom. The predicted molar refractivity (Wildman–Crippen MR) is 117 cm³/mol. The second kappa shape index (κ2) is 10.9. The number of urea groups is 1. The zero-order valence-electron chi connectivity index (χ0n) is 17.1. The van der Waals surface area contributed by atoms with Crippen molar-refractivity contribution in [3.63, 3.8) is 0 Å². The standard InChI is InChI=1S/C20H26N6O4S/c21-25-15(13-7-9-14(10-8-13)26(29)30)4-3-11-22-18(27)6-2-1-5-17-19-16(12-31-17)23-20(28)24-19/h7-10,16-17,19H,1-6,11-12H2,(H,22,27)(H2,23,24,28). The fourth-order valence-electron chi connectivity index (χ4n) is 3.87. The molecule has 2 aliphatic heterocycles. The molecule has 0 bridgehead atoms. The number of carbonyl (C=O) groups is 2. The molecule has 2 fully saturated rings. The van der Waals surface area contributed by atoms with E-state index >= 15 is 0 Å². The van der Waals surface area contributed by atoms with Crippen LogP contribution in [0.3, 0.4) is 0 Å². The van der Waals surface area contributed by atoms with Crippen molar-refractivity contribution in [3.8, 4) is 0 Å². The highest BCUT2D eigenvalue weighted by molar-refractivity contribution is 8.00. The smallest absolute Gasteiger partial charge is 0.315 e. The van der Waals surface area contributed by atoms with Crippen molar-refractivity contribution in [2.75, 3.05) is 12.3 Å². The van der Waals surface area contributed by atoms with Crippen LogP contribution in [0.4, 0.5) is 10.5 Å². The molecule has 2 heterocycles. The van der Waals surface area contributed by atoms with Crippen molar-refractivity contribution in [2.45, 2.75) is 55.9 Å². The third kappa shape index (κ3) is 6.28. The van der Waals surface area contributed by atoms with Gasteiger partial charge < -0.3 is 21.5 Å². The number of non-ortho nitro benzene ring substituents is 1. The van der Waals surface area contributed by atoms with Crippen LogP contribution in [0, 0.1) is 10.1 Å². The fourth-order valence-corrected chi connectivity index (χ4v) is 5.42. The van der Waals surface area contributed by atoms with E-state index < -0.39 is 4.92 Å². The average molecular weight is 447 g/mol. The van der Waals surface area contributed by atoms with Crippen LogP contribution < -0.4 is 16.0 Å². The summed E-state index contributed by atoms with van der Waals surface area (Å²) in [6.45, 7) is 0.463. The molecule has 1 aromatic carbocycles. The number of rotatable bonds is 11.